The maximum Gasteiger partial charge on any atom is 0.153 e. The summed E-state index contributed by atoms with van der Waals surface area (Å²) in [7, 11) is 0. The number of hydrogen-bond acceptors (Lipinski definition) is 2. The van der Waals surface area contributed by atoms with Crippen molar-refractivity contribution in [3.05, 3.63) is 0 Å². The number of Topliss-reactive ketones (excluding diaryl/α,β-unsaturated/α-hetero) is 1. The summed E-state index contributed by atoms with van der Waals surface area (Å²) in [6.45, 7) is 4.45. The highest BCUT2D eigenvalue weighted by atomic mass is 16.1. The first kappa shape index (κ1) is 10.7. The van der Waals surface area contributed by atoms with E-state index in [-0.39, 0.29) is 11.2 Å². The van der Waals surface area contributed by atoms with Gasteiger partial charge in [-0.1, -0.05) is 20.3 Å². The van der Waals surface area contributed by atoms with Crippen LogP contribution < -0.4 is 0 Å². The summed E-state index contributed by atoms with van der Waals surface area (Å²) in [6.07, 6.45) is 5.66. The van der Waals surface area contributed by atoms with E-state index in [0.29, 0.717) is 12.3 Å². The van der Waals surface area contributed by atoms with Crippen molar-refractivity contribution in [1.29, 1.82) is 5.26 Å². The molecule has 0 saturated heterocycles. The molecule has 2 aliphatic carbocycles. The van der Waals surface area contributed by atoms with Crippen LogP contribution in [0.15, 0.2) is 0 Å². The largest absolute Gasteiger partial charge is 0.298 e. The van der Waals surface area contributed by atoms with Gasteiger partial charge in [0.15, 0.2) is 5.78 Å². The molecule has 2 heteroatoms. The molecule has 0 aromatic rings. The maximum atomic E-state index is 12.0. The second-order valence-electron chi connectivity index (χ2n) is 5.79. The lowest BCUT2D eigenvalue weighted by atomic mass is 9.51. The number of ketones is 1. The van der Waals surface area contributed by atoms with Crippen molar-refractivity contribution in [2.24, 2.45) is 16.7 Å². The van der Waals surface area contributed by atoms with E-state index in [2.05, 4.69) is 19.9 Å². The Labute approximate surface area is 91.7 Å². The van der Waals surface area contributed by atoms with E-state index in [1.165, 1.54) is 0 Å². The molecule has 2 atom stereocenters. The van der Waals surface area contributed by atoms with Crippen LogP contribution in [0.1, 0.15) is 52.4 Å². The Bertz CT molecular complexity index is 326. The van der Waals surface area contributed by atoms with E-state index in [1.807, 2.05) is 0 Å². The Morgan fingerprint density at radius 3 is 2.67 bits per heavy atom. The highest BCUT2D eigenvalue weighted by Gasteiger charge is 2.55. The van der Waals surface area contributed by atoms with Gasteiger partial charge in [-0.2, -0.15) is 5.26 Å². The Balaban J connectivity index is 2.42. The number of fused-ring (bicyclic) bond motifs is 1. The topological polar surface area (TPSA) is 40.9 Å². The smallest absolute Gasteiger partial charge is 0.153 e. The first-order valence-corrected chi connectivity index (χ1v) is 5.97. The van der Waals surface area contributed by atoms with Gasteiger partial charge in [-0.05, 0) is 37.0 Å². The summed E-state index contributed by atoms with van der Waals surface area (Å²) >= 11 is 0. The van der Waals surface area contributed by atoms with Gasteiger partial charge in [0.1, 0.15) is 5.41 Å². The van der Waals surface area contributed by atoms with Gasteiger partial charge >= 0.3 is 0 Å². The molecule has 15 heavy (non-hydrogen) atoms. The molecule has 2 nitrogen and oxygen atoms in total. The van der Waals surface area contributed by atoms with Crippen LogP contribution in [0.5, 0.6) is 0 Å². The average Bonchev–Trinajstić information content (AvgIpc) is 2.19. The number of nitriles is 1. The molecule has 0 radical (unpaired) electrons. The monoisotopic (exact) mass is 205 g/mol. The lowest BCUT2D eigenvalue weighted by Gasteiger charge is -2.50. The average molecular weight is 205 g/mol. The zero-order valence-electron chi connectivity index (χ0n) is 9.68. The van der Waals surface area contributed by atoms with Crippen molar-refractivity contribution in [2.45, 2.75) is 52.4 Å². The molecule has 2 fully saturated rings. The van der Waals surface area contributed by atoms with Gasteiger partial charge in [0.05, 0.1) is 6.07 Å². The lowest BCUT2D eigenvalue weighted by Crippen LogP contribution is -2.50. The van der Waals surface area contributed by atoms with Crippen LogP contribution >= 0.6 is 0 Å². The molecule has 0 amide bonds. The molecular formula is C13H19NO. The normalized spacial score (nSPS) is 39.3. The van der Waals surface area contributed by atoms with Crippen LogP contribution in [0.3, 0.4) is 0 Å². The van der Waals surface area contributed by atoms with Gasteiger partial charge in [-0.15, -0.1) is 0 Å². The first-order valence-electron chi connectivity index (χ1n) is 5.97. The number of carbonyl (C=O) groups is 1. The number of nitrogens with zero attached hydrogens (tertiary/aromatic N) is 1. The van der Waals surface area contributed by atoms with Crippen LogP contribution in [-0.2, 0) is 4.79 Å². The molecule has 0 aromatic heterocycles. The molecule has 2 rings (SSSR count). The van der Waals surface area contributed by atoms with E-state index < -0.39 is 5.41 Å². The number of hydrogen-bond donors (Lipinski definition) is 0. The quantitative estimate of drug-likeness (QED) is 0.609. The Morgan fingerprint density at radius 2 is 2.07 bits per heavy atom. The second kappa shape index (κ2) is 3.33. The molecule has 0 aromatic carbocycles. The summed E-state index contributed by atoms with van der Waals surface area (Å²) < 4.78 is 0. The van der Waals surface area contributed by atoms with E-state index in [9.17, 15) is 10.1 Å². The molecular weight excluding hydrogens is 186 g/mol. The summed E-state index contributed by atoms with van der Waals surface area (Å²) in [4.78, 5) is 12.0. The maximum absolute atomic E-state index is 12.0. The fraction of sp³-hybridized carbons (Fsp3) is 0.846. The van der Waals surface area contributed by atoms with Gasteiger partial charge in [0.25, 0.3) is 0 Å². The summed E-state index contributed by atoms with van der Waals surface area (Å²) in [6, 6.07) is 2.38. The van der Waals surface area contributed by atoms with Crippen molar-refractivity contribution in [3.63, 3.8) is 0 Å². The molecule has 0 aliphatic heterocycles. The standard InChI is InChI=1S/C13H19NO/c1-12(2)7-4-8-13(9-14)10(12)5-3-6-11(13)15/h10H,3-8H2,1-2H3/t10?,13-/m0/s1. The molecule has 0 N–H and O–H groups in total. The van der Waals surface area contributed by atoms with Gasteiger partial charge in [0, 0.05) is 6.42 Å². The third kappa shape index (κ3) is 1.40. The van der Waals surface area contributed by atoms with Crippen molar-refractivity contribution in [1.82, 2.24) is 0 Å². The van der Waals surface area contributed by atoms with E-state index in [0.717, 1.165) is 32.1 Å². The SMILES string of the molecule is CC1(C)CCC[C@@]2(C#N)C(=O)CCCC12. The second-order valence-corrected chi connectivity index (χ2v) is 5.79. The van der Waals surface area contributed by atoms with Crippen molar-refractivity contribution in [2.75, 3.05) is 0 Å². The first-order chi connectivity index (χ1) is 7.03. The minimum absolute atomic E-state index is 0.171. The van der Waals surface area contributed by atoms with Crippen LogP contribution in [0.4, 0.5) is 0 Å². The molecule has 1 unspecified atom stereocenters. The summed E-state index contributed by atoms with van der Waals surface area (Å²) in [5, 5.41) is 9.41. The Hall–Kier alpha value is -0.840. The molecule has 0 bridgehead atoms. The van der Waals surface area contributed by atoms with Gasteiger partial charge in [0.2, 0.25) is 0 Å². The molecule has 82 valence electrons. The van der Waals surface area contributed by atoms with Crippen LogP contribution in [-0.4, -0.2) is 5.78 Å². The van der Waals surface area contributed by atoms with Crippen LogP contribution in [0.25, 0.3) is 0 Å². The molecule has 2 saturated carbocycles. The van der Waals surface area contributed by atoms with E-state index in [4.69, 9.17) is 0 Å². The fourth-order valence-electron chi connectivity index (χ4n) is 3.70. The van der Waals surface area contributed by atoms with Crippen LogP contribution in [0, 0.1) is 28.1 Å². The number of carbonyl (C=O) groups excluding carboxylic acids is 1. The van der Waals surface area contributed by atoms with Crippen LogP contribution in [0.2, 0.25) is 0 Å². The van der Waals surface area contributed by atoms with E-state index in [1.54, 1.807) is 0 Å². The molecule has 2 aliphatic rings. The van der Waals surface area contributed by atoms with E-state index >= 15 is 0 Å². The summed E-state index contributed by atoms with van der Waals surface area (Å²) in [5.74, 6) is 0.513. The molecule has 0 spiro atoms. The van der Waals surface area contributed by atoms with Gasteiger partial charge < -0.3 is 0 Å². The third-order valence-electron chi connectivity index (χ3n) is 4.52. The number of rotatable bonds is 0. The summed E-state index contributed by atoms with van der Waals surface area (Å²) in [5.41, 5.74) is -0.454. The van der Waals surface area contributed by atoms with Crippen molar-refractivity contribution >= 4 is 5.78 Å². The Morgan fingerprint density at radius 1 is 1.33 bits per heavy atom. The predicted octanol–water partition coefficient (Wildman–Crippen LogP) is 3.08. The third-order valence-corrected chi connectivity index (χ3v) is 4.52. The molecule has 0 heterocycles. The minimum Gasteiger partial charge on any atom is -0.298 e. The predicted molar refractivity (Wildman–Crippen MR) is 58.0 cm³/mol. The van der Waals surface area contributed by atoms with Gasteiger partial charge in [-0.3, -0.25) is 4.79 Å². The highest BCUT2D eigenvalue weighted by molar-refractivity contribution is 5.88. The lowest BCUT2D eigenvalue weighted by molar-refractivity contribution is -0.138. The Kier molecular flexibility index (Phi) is 2.37. The highest BCUT2D eigenvalue weighted by Crippen LogP contribution is 2.55. The van der Waals surface area contributed by atoms with Crippen molar-refractivity contribution in [3.8, 4) is 6.07 Å². The zero-order chi connectivity index (χ0) is 11.1. The van der Waals surface area contributed by atoms with Crippen molar-refractivity contribution < 1.29 is 4.79 Å². The zero-order valence-corrected chi connectivity index (χ0v) is 9.68. The van der Waals surface area contributed by atoms with Gasteiger partial charge in [-0.25, -0.2) is 0 Å². The minimum atomic E-state index is -0.625. The fourth-order valence-corrected chi connectivity index (χ4v) is 3.70.